The third-order valence-corrected chi connectivity index (χ3v) is 8.23. The predicted molar refractivity (Wildman–Crippen MR) is 147 cm³/mol. The number of fused-ring (bicyclic) bond motifs is 7. The zero-order valence-corrected chi connectivity index (χ0v) is 20.6. The summed E-state index contributed by atoms with van der Waals surface area (Å²) in [5.74, 6) is 0. The fraction of sp³-hybridized carbons (Fsp3) is 0.188. The maximum absolute atomic E-state index is 6.42. The Morgan fingerprint density at radius 2 is 1.11 bits per heavy atom. The molecule has 170 valence electrons. The third-order valence-electron chi connectivity index (χ3n) is 8.23. The van der Waals surface area contributed by atoms with E-state index in [4.69, 9.17) is 9.31 Å². The van der Waals surface area contributed by atoms with Crippen LogP contribution in [0.2, 0.25) is 0 Å². The molecule has 5 aromatic rings. The average molecular weight is 454 g/mol. The molecule has 3 heteroatoms. The molecule has 1 aliphatic heterocycles. The first-order chi connectivity index (χ1) is 16.8. The van der Waals surface area contributed by atoms with E-state index in [1.807, 2.05) is 0 Å². The second-order valence-corrected chi connectivity index (χ2v) is 10.8. The van der Waals surface area contributed by atoms with Crippen molar-refractivity contribution in [3.63, 3.8) is 0 Å². The first kappa shape index (κ1) is 20.9. The van der Waals surface area contributed by atoms with Gasteiger partial charge in [-0.15, -0.1) is 0 Å². The molecular weight excluding hydrogens is 427 g/mol. The highest BCUT2D eigenvalue weighted by atomic mass is 16.7. The minimum Gasteiger partial charge on any atom is -0.399 e. The molecule has 0 spiro atoms. The molecule has 2 nitrogen and oxygen atoms in total. The molecule has 35 heavy (non-hydrogen) atoms. The van der Waals surface area contributed by atoms with Crippen molar-refractivity contribution in [1.29, 1.82) is 0 Å². The second kappa shape index (κ2) is 7.07. The lowest BCUT2D eigenvalue weighted by atomic mass is 9.77. The van der Waals surface area contributed by atoms with Crippen molar-refractivity contribution in [2.24, 2.45) is 0 Å². The van der Waals surface area contributed by atoms with E-state index in [2.05, 4.69) is 119 Å². The van der Waals surface area contributed by atoms with Crippen LogP contribution in [0, 0.1) is 0 Å². The Balaban J connectivity index is 1.58. The maximum atomic E-state index is 6.42. The molecule has 1 saturated heterocycles. The Morgan fingerprint density at radius 1 is 0.543 bits per heavy atom. The van der Waals surface area contributed by atoms with Crippen molar-refractivity contribution in [3.8, 4) is 33.4 Å². The average Bonchev–Trinajstić information content (AvgIpc) is 3.00. The Bertz CT molecular complexity index is 1650. The molecular formula is C32H27BO2. The highest BCUT2D eigenvalue weighted by molar-refractivity contribution is 6.62. The first-order valence-electron chi connectivity index (χ1n) is 12.4. The van der Waals surface area contributed by atoms with Gasteiger partial charge in [-0.25, -0.2) is 0 Å². The van der Waals surface area contributed by atoms with Gasteiger partial charge in [0, 0.05) is 0 Å². The summed E-state index contributed by atoms with van der Waals surface area (Å²) in [6.07, 6.45) is 0. The minimum absolute atomic E-state index is 0.372. The zero-order valence-electron chi connectivity index (χ0n) is 20.6. The van der Waals surface area contributed by atoms with Crippen molar-refractivity contribution >= 4 is 34.1 Å². The van der Waals surface area contributed by atoms with Gasteiger partial charge in [-0.1, -0.05) is 84.9 Å². The van der Waals surface area contributed by atoms with Crippen molar-refractivity contribution in [1.82, 2.24) is 0 Å². The van der Waals surface area contributed by atoms with Crippen LogP contribution in [0.4, 0.5) is 0 Å². The lowest BCUT2D eigenvalue weighted by Gasteiger charge is -2.32. The largest absolute Gasteiger partial charge is 0.494 e. The Labute approximate surface area is 206 Å². The van der Waals surface area contributed by atoms with Gasteiger partial charge in [0.15, 0.2) is 0 Å². The molecule has 1 fully saturated rings. The van der Waals surface area contributed by atoms with Crippen molar-refractivity contribution in [2.45, 2.75) is 38.9 Å². The van der Waals surface area contributed by atoms with Crippen LogP contribution in [0.1, 0.15) is 27.7 Å². The Morgan fingerprint density at radius 3 is 1.80 bits per heavy atom. The highest BCUT2D eigenvalue weighted by Crippen LogP contribution is 2.49. The molecule has 0 atom stereocenters. The van der Waals surface area contributed by atoms with Gasteiger partial charge in [0.2, 0.25) is 0 Å². The van der Waals surface area contributed by atoms with Crippen LogP contribution in [0.3, 0.4) is 0 Å². The monoisotopic (exact) mass is 454 g/mol. The molecule has 0 aromatic heterocycles. The van der Waals surface area contributed by atoms with Crippen LogP contribution in [0.5, 0.6) is 0 Å². The highest BCUT2D eigenvalue weighted by Gasteiger charge is 2.51. The van der Waals surface area contributed by atoms with Crippen molar-refractivity contribution in [2.75, 3.05) is 0 Å². The molecule has 7 rings (SSSR count). The van der Waals surface area contributed by atoms with Gasteiger partial charge in [-0.2, -0.15) is 0 Å². The normalized spacial score (nSPS) is 17.3. The van der Waals surface area contributed by atoms with E-state index in [0.717, 1.165) is 5.46 Å². The fourth-order valence-electron chi connectivity index (χ4n) is 5.71. The van der Waals surface area contributed by atoms with Gasteiger partial charge >= 0.3 is 7.12 Å². The van der Waals surface area contributed by atoms with E-state index in [1.165, 1.54) is 54.9 Å². The molecule has 0 radical (unpaired) electrons. The van der Waals surface area contributed by atoms with Gasteiger partial charge in [0.25, 0.3) is 0 Å². The molecule has 0 N–H and O–H groups in total. The molecule has 1 heterocycles. The summed E-state index contributed by atoms with van der Waals surface area (Å²) in [6, 6.07) is 33.3. The molecule has 0 saturated carbocycles. The quantitative estimate of drug-likeness (QED) is 0.188. The SMILES string of the molecule is CC1(C)OB(c2ccc3cc4cccc5c4c(c3c2)-c2ccccc2-c2ccccc2-5)OC1(C)C. The standard InChI is InChI=1S/C32H27BO2/c1-31(2)32(3,4)35-33(34-31)22-17-16-20-18-21-10-9-15-26-24-12-6-5-11-23(24)25-13-7-8-14-27(25)30(29(21)26)28(20)19-22/h5-19H,1-4H3. The smallest absolute Gasteiger partial charge is 0.399 e. The number of hydrogen-bond donors (Lipinski definition) is 0. The lowest BCUT2D eigenvalue weighted by Crippen LogP contribution is -2.41. The molecule has 0 unspecified atom stereocenters. The van der Waals surface area contributed by atoms with E-state index in [0.29, 0.717) is 0 Å². The van der Waals surface area contributed by atoms with E-state index in [9.17, 15) is 0 Å². The lowest BCUT2D eigenvalue weighted by molar-refractivity contribution is 0.00578. The van der Waals surface area contributed by atoms with Crippen molar-refractivity contribution < 1.29 is 9.31 Å². The van der Waals surface area contributed by atoms with Crippen LogP contribution in [-0.4, -0.2) is 18.3 Å². The number of benzene rings is 5. The third kappa shape index (κ3) is 2.92. The van der Waals surface area contributed by atoms with E-state index < -0.39 is 0 Å². The summed E-state index contributed by atoms with van der Waals surface area (Å²) in [4.78, 5) is 0. The maximum Gasteiger partial charge on any atom is 0.494 e. The number of hydrogen-bond acceptors (Lipinski definition) is 2. The van der Waals surface area contributed by atoms with Crippen LogP contribution >= 0.6 is 0 Å². The van der Waals surface area contributed by atoms with Crippen LogP contribution in [-0.2, 0) is 9.31 Å². The summed E-state index contributed by atoms with van der Waals surface area (Å²) in [7, 11) is -0.388. The molecule has 0 bridgehead atoms. The Hall–Kier alpha value is -3.40. The molecule has 1 aliphatic carbocycles. The summed E-state index contributed by atoms with van der Waals surface area (Å²) >= 11 is 0. The van der Waals surface area contributed by atoms with Gasteiger partial charge in [0.05, 0.1) is 11.2 Å². The number of rotatable bonds is 1. The van der Waals surface area contributed by atoms with Crippen LogP contribution in [0.15, 0.2) is 91.0 Å². The first-order valence-corrected chi connectivity index (χ1v) is 12.4. The summed E-state index contributed by atoms with van der Waals surface area (Å²) in [5, 5.41) is 5.03. The van der Waals surface area contributed by atoms with E-state index in [-0.39, 0.29) is 18.3 Å². The van der Waals surface area contributed by atoms with E-state index in [1.54, 1.807) is 0 Å². The van der Waals surface area contributed by atoms with Crippen LogP contribution in [0.25, 0.3) is 54.9 Å². The predicted octanol–water partition coefficient (Wildman–Crippen LogP) is 7.61. The summed E-state index contributed by atoms with van der Waals surface area (Å²) < 4.78 is 12.8. The van der Waals surface area contributed by atoms with Gasteiger partial charge in [-0.05, 0) is 94.1 Å². The molecule has 5 aromatic carbocycles. The van der Waals surface area contributed by atoms with Crippen LogP contribution < -0.4 is 5.46 Å². The van der Waals surface area contributed by atoms with Gasteiger partial charge in [0.1, 0.15) is 0 Å². The second-order valence-electron chi connectivity index (χ2n) is 10.8. The minimum atomic E-state index is -0.388. The van der Waals surface area contributed by atoms with E-state index >= 15 is 0 Å². The van der Waals surface area contributed by atoms with Gasteiger partial charge in [-0.3, -0.25) is 0 Å². The fourth-order valence-corrected chi connectivity index (χ4v) is 5.71. The zero-order chi connectivity index (χ0) is 23.9. The molecule has 2 aliphatic rings. The topological polar surface area (TPSA) is 18.5 Å². The summed E-state index contributed by atoms with van der Waals surface area (Å²) in [6.45, 7) is 8.43. The van der Waals surface area contributed by atoms with Gasteiger partial charge < -0.3 is 9.31 Å². The molecule has 0 amide bonds. The van der Waals surface area contributed by atoms with Crippen molar-refractivity contribution in [3.05, 3.63) is 91.0 Å². The summed E-state index contributed by atoms with van der Waals surface area (Å²) in [5.41, 5.74) is 7.99. The Kier molecular flexibility index (Phi) is 4.23.